The molecule has 1 amide bonds. The molecule has 0 aromatic heterocycles. The van der Waals surface area contributed by atoms with E-state index in [1.807, 2.05) is 6.07 Å². The fourth-order valence-corrected chi connectivity index (χ4v) is 3.41. The lowest BCUT2D eigenvalue weighted by atomic mass is 10.1. The zero-order valence-electron chi connectivity index (χ0n) is 15.5. The third-order valence-corrected chi connectivity index (χ3v) is 5.22. The average molecular weight is 401 g/mol. The van der Waals surface area contributed by atoms with E-state index in [1.54, 1.807) is 36.4 Å². The zero-order chi connectivity index (χ0) is 19.9. The van der Waals surface area contributed by atoms with Gasteiger partial charge < -0.3 is 10.2 Å². The quantitative estimate of drug-likeness (QED) is 0.806. The number of rotatable bonds is 6. The van der Waals surface area contributed by atoms with Crippen LogP contribution >= 0.6 is 11.6 Å². The van der Waals surface area contributed by atoms with Crippen LogP contribution in [-0.2, 0) is 11.3 Å². The van der Waals surface area contributed by atoms with E-state index < -0.39 is 0 Å². The van der Waals surface area contributed by atoms with Crippen molar-refractivity contribution in [3.8, 4) is 6.07 Å². The second-order valence-electron chi connectivity index (χ2n) is 6.81. The minimum atomic E-state index is -0.269. The van der Waals surface area contributed by atoms with Crippen molar-refractivity contribution in [3.05, 3.63) is 64.4 Å². The third-order valence-electron chi connectivity index (χ3n) is 4.86. The first-order valence-electron chi connectivity index (χ1n) is 9.23. The molecule has 0 unspecified atom stereocenters. The van der Waals surface area contributed by atoms with Gasteiger partial charge in [0, 0.05) is 62.0 Å². The van der Waals surface area contributed by atoms with Crippen molar-refractivity contribution in [1.82, 2.24) is 9.80 Å². The van der Waals surface area contributed by atoms with Gasteiger partial charge >= 0.3 is 0 Å². The fourth-order valence-electron chi connectivity index (χ4n) is 3.19. The standard InChI is InChI=1S/C21H22ClFN4O/c22-19-2-1-3-20(23)18(19)15-27-12-10-26(11-13-27)9-8-21(28)25-17-6-4-16(14-24)5-7-17/h1-7H,8-13,15H2,(H,25,28). The normalized spacial score (nSPS) is 15.2. The summed E-state index contributed by atoms with van der Waals surface area (Å²) in [7, 11) is 0. The van der Waals surface area contributed by atoms with E-state index in [0.717, 1.165) is 26.2 Å². The van der Waals surface area contributed by atoms with E-state index in [0.29, 0.717) is 41.3 Å². The van der Waals surface area contributed by atoms with Crippen LogP contribution in [0.5, 0.6) is 0 Å². The Morgan fingerprint density at radius 3 is 2.43 bits per heavy atom. The smallest absolute Gasteiger partial charge is 0.225 e. The van der Waals surface area contributed by atoms with Crippen LogP contribution < -0.4 is 5.32 Å². The Kier molecular flexibility index (Phi) is 6.99. The molecule has 0 saturated carbocycles. The van der Waals surface area contributed by atoms with Crippen molar-refractivity contribution in [3.63, 3.8) is 0 Å². The number of amides is 1. The van der Waals surface area contributed by atoms with Crippen molar-refractivity contribution in [2.24, 2.45) is 0 Å². The van der Waals surface area contributed by atoms with Gasteiger partial charge in [0.05, 0.1) is 11.6 Å². The van der Waals surface area contributed by atoms with Gasteiger partial charge in [0.2, 0.25) is 5.91 Å². The number of nitrogens with zero attached hydrogens (tertiary/aromatic N) is 3. The van der Waals surface area contributed by atoms with E-state index >= 15 is 0 Å². The van der Waals surface area contributed by atoms with Gasteiger partial charge in [-0.3, -0.25) is 9.69 Å². The lowest BCUT2D eigenvalue weighted by Gasteiger charge is -2.34. The van der Waals surface area contributed by atoms with Crippen LogP contribution in [-0.4, -0.2) is 48.4 Å². The number of carbonyl (C=O) groups is 1. The number of benzene rings is 2. The SMILES string of the molecule is N#Cc1ccc(NC(=O)CCN2CCN(Cc3c(F)cccc3Cl)CC2)cc1. The van der Waals surface area contributed by atoms with Gasteiger partial charge in [0.1, 0.15) is 5.82 Å². The molecule has 1 saturated heterocycles. The number of nitrogens with one attached hydrogen (secondary N) is 1. The highest BCUT2D eigenvalue weighted by molar-refractivity contribution is 6.31. The number of hydrogen-bond donors (Lipinski definition) is 1. The Hall–Kier alpha value is -2.46. The summed E-state index contributed by atoms with van der Waals surface area (Å²) >= 11 is 6.11. The maximum Gasteiger partial charge on any atom is 0.225 e. The predicted molar refractivity (Wildman–Crippen MR) is 108 cm³/mol. The molecule has 2 aromatic rings. The monoisotopic (exact) mass is 400 g/mol. The molecular weight excluding hydrogens is 379 g/mol. The Bertz CT molecular complexity index is 837. The summed E-state index contributed by atoms with van der Waals surface area (Å²) in [5, 5.41) is 12.1. The molecular formula is C21H22ClFN4O. The van der Waals surface area contributed by atoms with Crippen LogP contribution in [0.25, 0.3) is 0 Å². The molecule has 1 aliphatic rings. The minimum Gasteiger partial charge on any atom is -0.326 e. The van der Waals surface area contributed by atoms with Crippen LogP contribution in [0.1, 0.15) is 17.5 Å². The molecule has 0 radical (unpaired) electrons. The van der Waals surface area contributed by atoms with Crippen LogP contribution in [0, 0.1) is 17.1 Å². The molecule has 146 valence electrons. The summed E-state index contributed by atoms with van der Waals surface area (Å²) in [6, 6.07) is 13.6. The van der Waals surface area contributed by atoms with Crippen LogP contribution in [0.15, 0.2) is 42.5 Å². The summed E-state index contributed by atoms with van der Waals surface area (Å²) in [5.74, 6) is -0.320. The van der Waals surface area contributed by atoms with E-state index in [9.17, 15) is 9.18 Å². The highest BCUT2D eigenvalue weighted by Gasteiger charge is 2.19. The Balaban J connectivity index is 1.40. The number of anilines is 1. The summed E-state index contributed by atoms with van der Waals surface area (Å²) in [6.07, 6.45) is 0.402. The Labute approximate surface area is 169 Å². The van der Waals surface area contributed by atoms with Gasteiger partial charge in [0.15, 0.2) is 0 Å². The number of nitriles is 1. The van der Waals surface area contributed by atoms with Gasteiger partial charge in [-0.2, -0.15) is 5.26 Å². The highest BCUT2D eigenvalue weighted by Crippen LogP contribution is 2.21. The summed E-state index contributed by atoms with van der Waals surface area (Å²) in [6.45, 7) is 4.45. The minimum absolute atomic E-state index is 0.0507. The largest absolute Gasteiger partial charge is 0.326 e. The van der Waals surface area contributed by atoms with Crippen molar-refractivity contribution >= 4 is 23.2 Å². The maximum absolute atomic E-state index is 13.9. The van der Waals surface area contributed by atoms with Crippen molar-refractivity contribution in [2.75, 3.05) is 38.0 Å². The lowest BCUT2D eigenvalue weighted by Crippen LogP contribution is -2.46. The number of hydrogen-bond acceptors (Lipinski definition) is 4. The maximum atomic E-state index is 13.9. The number of piperazine rings is 1. The van der Waals surface area contributed by atoms with Gasteiger partial charge in [-0.15, -0.1) is 0 Å². The lowest BCUT2D eigenvalue weighted by molar-refractivity contribution is -0.116. The predicted octanol–water partition coefficient (Wildman–Crippen LogP) is 3.50. The van der Waals surface area contributed by atoms with Crippen LogP contribution in [0.2, 0.25) is 5.02 Å². The van der Waals surface area contributed by atoms with Gasteiger partial charge in [-0.25, -0.2) is 4.39 Å². The second-order valence-corrected chi connectivity index (χ2v) is 7.21. The first kappa shape index (κ1) is 20.3. The Morgan fingerprint density at radius 2 is 1.79 bits per heavy atom. The molecule has 0 atom stereocenters. The molecule has 1 aliphatic heterocycles. The first-order valence-corrected chi connectivity index (χ1v) is 9.60. The Morgan fingerprint density at radius 1 is 1.11 bits per heavy atom. The van der Waals surface area contributed by atoms with Gasteiger partial charge in [0.25, 0.3) is 0 Å². The average Bonchev–Trinajstić information content (AvgIpc) is 2.71. The fraction of sp³-hybridized carbons (Fsp3) is 0.333. The molecule has 1 N–H and O–H groups in total. The van der Waals surface area contributed by atoms with Crippen LogP contribution in [0.3, 0.4) is 0 Å². The molecule has 3 rings (SSSR count). The molecule has 1 fully saturated rings. The molecule has 0 bridgehead atoms. The van der Waals surface area contributed by atoms with E-state index in [1.165, 1.54) is 6.07 Å². The molecule has 2 aromatic carbocycles. The molecule has 0 aliphatic carbocycles. The van der Waals surface area contributed by atoms with Crippen LogP contribution in [0.4, 0.5) is 10.1 Å². The second kappa shape index (κ2) is 9.65. The van der Waals surface area contributed by atoms with Crippen molar-refractivity contribution in [2.45, 2.75) is 13.0 Å². The third kappa shape index (κ3) is 5.52. The molecule has 28 heavy (non-hydrogen) atoms. The summed E-state index contributed by atoms with van der Waals surface area (Å²) in [4.78, 5) is 16.5. The van der Waals surface area contributed by atoms with Gasteiger partial charge in [-0.05, 0) is 36.4 Å². The molecule has 7 heteroatoms. The molecule has 0 spiro atoms. The van der Waals surface area contributed by atoms with E-state index in [4.69, 9.17) is 16.9 Å². The summed E-state index contributed by atoms with van der Waals surface area (Å²) < 4.78 is 13.9. The van der Waals surface area contributed by atoms with Gasteiger partial charge in [-0.1, -0.05) is 17.7 Å². The van der Waals surface area contributed by atoms with E-state index in [-0.39, 0.29) is 11.7 Å². The van der Waals surface area contributed by atoms with Crippen molar-refractivity contribution < 1.29 is 9.18 Å². The number of halogens is 2. The number of carbonyl (C=O) groups excluding carboxylic acids is 1. The summed E-state index contributed by atoms with van der Waals surface area (Å²) in [5.41, 5.74) is 1.79. The van der Waals surface area contributed by atoms with Crippen molar-refractivity contribution in [1.29, 1.82) is 5.26 Å². The highest BCUT2D eigenvalue weighted by atomic mass is 35.5. The first-order chi connectivity index (χ1) is 13.5. The topological polar surface area (TPSA) is 59.4 Å². The molecule has 1 heterocycles. The molecule has 5 nitrogen and oxygen atoms in total. The zero-order valence-corrected chi connectivity index (χ0v) is 16.3. The van der Waals surface area contributed by atoms with E-state index in [2.05, 4.69) is 15.1 Å².